The molecule has 98 valence electrons. The summed E-state index contributed by atoms with van der Waals surface area (Å²) in [4.78, 5) is 22.7. The number of halogens is 1. The molecule has 6 heteroatoms. The molecule has 3 N–H and O–H groups in total. The van der Waals surface area contributed by atoms with Crippen molar-refractivity contribution in [2.24, 2.45) is 5.73 Å². The summed E-state index contributed by atoms with van der Waals surface area (Å²) in [6, 6.07) is 4.78. The van der Waals surface area contributed by atoms with Crippen molar-refractivity contribution in [1.82, 2.24) is 5.32 Å². The second-order valence-electron chi connectivity index (χ2n) is 3.89. The SMILES string of the molecule is COc1cc(Br)ccc1C(=O)NC(C)CC(N)=O. The van der Waals surface area contributed by atoms with E-state index < -0.39 is 5.91 Å². The van der Waals surface area contributed by atoms with Crippen molar-refractivity contribution in [3.8, 4) is 5.75 Å². The molecule has 1 atom stereocenters. The van der Waals surface area contributed by atoms with Gasteiger partial charge in [0.2, 0.25) is 5.91 Å². The van der Waals surface area contributed by atoms with Gasteiger partial charge in [-0.1, -0.05) is 15.9 Å². The zero-order chi connectivity index (χ0) is 13.7. The summed E-state index contributed by atoms with van der Waals surface area (Å²) in [5, 5.41) is 2.69. The van der Waals surface area contributed by atoms with E-state index in [9.17, 15) is 9.59 Å². The Hall–Kier alpha value is -1.56. The predicted molar refractivity (Wildman–Crippen MR) is 71.4 cm³/mol. The molecule has 2 amide bonds. The third-order valence-corrected chi connectivity index (χ3v) is 2.79. The number of hydrogen-bond acceptors (Lipinski definition) is 3. The molecule has 0 fully saturated rings. The lowest BCUT2D eigenvalue weighted by molar-refractivity contribution is -0.118. The van der Waals surface area contributed by atoms with E-state index in [2.05, 4.69) is 21.2 Å². The van der Waals surface area contributed by atoms with Crippen LogP contribution in [0, 0.1) is 0 Å². The highest BCUT2D eigenvalue weighted by Crippen LogP contribution is 2.23. The lowest BCUT2D eigenvalue weighted by Crippen LogP contribution is -2.35. The van der Waals surface area contributed by atoms with Gasteiger partial charge in [0, 0.05) is 16.9 Å². The van der Waals surface area contributed by atoms with Crippen LogP contribution >= 0.6 is 15.9 Å². The van der Waals surface area contributed by atoms with Crippen molar-refractivity contribution in [1.29, 1.82) is 0 Å². The van der Waals surface area contributed by atoms with E-state index in [1.54, 1.807) is 25.1 Å². The monoisotopic (exact) mass is 314 g/mol. The van der Waals surface area contributed by atoms with E-state index in [-0.39, 0.29) is 18.4 Å². The first-order valence-electron chi connectivity index (χ1n) is 5.36. The molecule has 5 nitrogen and oxygen atoms in total. The van der Waals surface area contributed by atoms with Gasteiger partial charge in [-0.2, -0.15) is 0 Å². The van der Waals surface area contributed by atoms with E-state index >= 15 is 0 Å². The summed E-state index contributed by atoms with van der Waals surface area (Å²) in [5.41, 5.74) is 5.48. The number of nitrogens with one attached hydrogen (secondary N) is 1. The van der Waals surface area contributed by atoms with Gasteiger partial charge in [0.05, 0.1) is 12.7 Å². The summed E-state index contributed by atoms with van der Waals surface area (Å²) in [6.45, 7) is 1.72. The number of rotatable bonds is 5. The Bertz CT molecular complexity index is 463. The number of hydrogen-bond donors (Lipinski definition) is 2. The minimum absolute atomic E-state index is 0.102. The fraction of sp³-hybridized carbons (Fsp3) is 0.333. The number of methoxy groups -OCH3 is 1. The Balaban J connectivity index is 2.81. The Morgan fingerprint density at radius 2 is 2.17 bits per heavy atom. The minimum Gasteiger partial charge on any atom is -0.496 e. The Morgan fingerprint density at radius 1 is 1.50 bits per heavy atom. The maximum atomic E-state index is 12.0. The summed E-state index contributed by atoms with van der Waals surface area (Å²) < 4.78 is 5.95. The van der Waals surface area contributed by atoms with Crippen molar-refractivity contribution < 1.29 is 14.3 Å². The average Bonchev–Trinajstić information content (AvgIpc) is 2.27. The first-order valence-corrected chi connectivity index (χ1v) is 6.16. The van der Waals surface area contributed by atoms with Crippen molar-refractivity contribution in [2.75, 3.05) is 7.11 Å². The maximum absolute atomic E-state index is 12.0. The number of primary amides is 1. The van der Waals surface area contributed by atoms with Gasteiger partial charge in [-0.3, -0.25) is 9.59 Å². The molecule has 0 spiro atoms. The molecule has 0 radical (unpaired) electrons. The zero-order valence-electron chi connectivity index (χ0n) is 10.2. The van der Waals surface area contributed by atoms with Crippen LogP contribution in [0.4, 0.5) is 0 Å². The third-order valence-electron chi connectivity index (χ3n) is 2.29. The van der Waals surface area contributed by atoms with Crippen LogP contribution in [0.1, 0.15) is 23.7 Å². The number of carbonyl (C=O) groups is 2. The molecule has 1 aromatic rings. The van der Waals surface area contributed by atoms with E-state index in [0.29, 0.717) is 11.3 Å². The topological polar surface area (TPSA) is 81.4 Å². The van der Waals surface area contributed by atoms with Gasteiger partial charge in [0.25, 0.3) is 5.91 Å². The fourth-order valence-electron chi connectivity index (χ4n) is 1.51. The van der Waals surface area contributed by atoms with Crippen LogP contribution in [0.25, 0.3) is 0 Å². The van der Waals surface area contributed by atoms with E-state index in [1.807, 2.05) is 0 Å². The number of nitrogens with two attached hydrogens (primary N) is 1. The second-order valence-corrected chi connectivity index (χ2v) is 4.81. The van der Waals surface area contributed by atoms with E-state index in [4.69, 9.17) is 10.5 Å². The molecule has 0 aliphatic heterocycles. The molecule has 0 heterocycles. The predicted octanol–water partition coefficient (Wildman–Crippen LogP) is 1.45. The molecular formula is C12H15BrN2O3. The first kappa shape index (κ1) is 14.5. The lowest BCUT2D eigenvalue weighted by Gasteiger charge is -2.14. The third kappa shape index (κ3) is 4.03. The minimum atomic E-state index is -0.453. The normalized spacial score (nSPS) is 11.7. The number of carbonyl (C=O) groups excluding carboxylic acids is 2. The molecule has 0 aliphatic rings. The Morgan fingerprint density at radius 3 is 2.72 bits per heavy atom. The van der Waals surface area contributed by atoms with Crippen molar-refractivity contribution in [2.45, 2.75) is 19.4 Å². The van der Waals surface area contributed by atoms with Crippen LogP contribution in [0.5, 0.6) is 5.75 Å². The van der Waals surface area contributed by atoms with Gasteiger partial charge < -0.3 is 15.8 Å². The van der Waals surface area contributed by atoms with Crippen LogP contribution in [-0.4, -0.2) is 25.0 Å². The summed E-state index contributed by atoms with van der Waals surface area (Å²) in [6.07, 6.45) is 0.102. The molecule has 0 aromatic heterocycles. The summed E-state index contributed by atoms with van der Waals surface area (Å²) in [5.74, 6) is -0.285. The van der Waals surface area contributed by atoms with Gasteiger partial charge in [-0.25, -0.2) is 0 Å². The molecule has 0 saturated carbocycles. The second kappa shape index (κ2) is 6.39. The Kier molecular flexibility index (Phi) is 5.15. The molecular weight excluding hydrogens is 300 g/mol. The molecule has 18 heavy (non-hydrogen) atoms. The molecule has 0 aliphatic carbocycles. The first-order chi connectivity index (χ1) is 8.43. The van der Waals surface area contributed by atoms with Crippen molar-refractivity contribution in [3.63, 3.8) is 0 Å². The highest BCUT2D eigenvalue weighted by Gasteiger charge is 2.15. The maximum Gasteiger partial charge on any atom is 0.255 e. The largest absolute Gasteiger partial charge is 0.496 e. The molecule has 0 bridgehead atoms. The van der Waals surface area contributed by atoms with Crippen LogP contribution in [0.15, 0.2) is 22.7 Å². The van der Waals surface area contributed by atoms with Gasteiger partial charge in [0.15, 0.2) is 0 Å². The molecule has 1 aromatic carbocycles. The van der Waals surface area contributed by atoms with Crippen molar-refractivity contribution in [3.05, 3.63) is 28.2 Å². The van der Waals surface area contributed by atoms with Gasteiger partial charge >= 0.3 is 0 Å². The van der Waals surface area contributed by atoms with Gasteiger partial charge in [-0.05, 0) is 25.1 Å². The van der Waals surface area contributed by atoms with Crippen molar-refractivity contribution >= 4 is 27.7 Å². The zero-order valence-corrected chi connectivity index (χ0v) is 11.8. The van der Waals surface area contributed by atoms with E-state index in [0.717, 1.165) is 4.47 Å². The molecule has 1 unspecified atom stereocenters. The van der Waals surface area contributed by atoms with Crippen LogP contribution in [-0.2, 0) is 4.79 Å². The summed E-state index contributed by atoms with van der Waals surface area (Å²) >= 11 is 3.30. The Labute approximate surface area is 114 Å². The average molecular weight is 315 g/mol. The van der Waals surface area contributed by atoms with E-state index in [1.165, 1.54) is 7.11 Å². The standard InChI is InChI=1S/C12H15BrN2O3/c1-7(5-11(14)16)15-12(17)9-4-3-8(13)6-10(9)18-2/h3-4,6-7H,5H2,1-2H3,(H2,14,16)(H,15,17). The quantitative estimate of drug-likeness (QED) is 0.863. The van der Waals surface area contributed by atoms with Crippen LogP contribution in [0.3, 0.4) is 0 Å². The number of amides is 2. The van der Waals surface area contributed by atoms with Crippen LogP contribution < -0.4 is 15.8 Å². The highest BCUT2D eigenvalue weighted by molar-refractivity contribution is 9.10. The fourth-order valence-corrected chi connectivity index (χ4v) is 1.85. The van der Waals surface area contributed by atoms with Gasteiger partial charge in [0.1, 0.15) is 5.75 Å². The molecule has 0 saturated heterocycles. The summed E-state index contributed by atoms with van der Waals surface area (Å²) in [7, 11) is 1.49. The number of benzene rings is 1. The van der Waals surface area contributed by atoms with Crippen LogP contribution in [0.2, 0.25) is 0 Å². The van der Waals surface area contributed by atoms with Gasteiger partial charge in [-0.15, -0.1) is 0 Å². The number of ether oxygens (including phenoxy) is 1. The smallest absolute Gasteiger partial charge is 0.255 e. The molecule has 1 rings (SSSR count). The lowest BCUT2D eigenvalue weighted by atomic mass is 10.1. The highest BCUT2D eigenvalue weighted by atomic mass is 79.9.